The Morgan fingerprint density at radius 1 is 1.37 bits per heavy atom. The number of carboxylic acids is 1. The lowest BCUT2D eigenvalue weighted by Crippen LogP contribution is -2.22. The van der Waals surface area contributed by atoms with Gasteiger partial charge in [0.25, 0.3) is 0 Å². The SMILES string of the molecule is CC(C)OCC(=O)Nc1c(Cl)cc(Cl)cc1C(=O)O. The molecule has 104 valence electrons. The van der Waals surface area contributed by atoms with Gasteiger partial charge in [-0.2, -0.15) is 0 Å². The zero-order valence-corrected chi connectivity index (χ0v) is 11.9. The molecule has 7 heteroatoms. The van der Waals surface area contributed by atoms with Crippen LogP contribution < -0.4 is 5.32 Å². The van der Waals surface area contributed by atoms with Crippen molar-refractivity contribution in [1.29, 1.82) is 0 Å². The Kier molecular flexibility index (Phi) is 5.60. The van der Waals surface area contributed by atoms with Gasteiger partial charge in [0.15, 0.2) is 0 Å². The van der Waals surface area contributed by atoms with Crippen molar-refractivity contribution in [1.82, 2.24) is 0 Å². The predicted octanol–water partition coefficient (Wildman–Crippen LogP) is 3.06. The van der Waals surface area contributed by atoms with E-state index in [-0.39, 0.29) is 34.0 Å². The van der Waals surface area contributed by atoms with Gasteiger partial charge in [-0.15, -0.1) is 0 Å². The van der Waals surface area contributed by atoms with Crippen LogP contribution >= 0.6 is 23.2 Å². The van der Waals surface area contributed by atoms with Crippen molar-refractivity contribution < 1.29 is 19.4 Å². The molecule has 5 nitrogen and oxygen atoms in total. The zero-order valence-electron chi connectivity index (χ0n) is 10.4. The number of amides is 1. The molecule has 0 fully saturated rings. The van der Waals surface area contributed by atoms with Crippen molar-refractivity contribution in [2.24, 2.45) is 0 Å². The number of hydrogen-bond donors (Lipinski definition) is 2. The van der Waals surface area contributed by atoms with Gasteiger partial charge >= 0.3 is 5.97 Å². The number of halogens is 2. The number of ether oxygens (including phenoxy) is 1. The average molecular weight is 306 g/mol. The lowest BCUT2D eigenvalue weighted by Gasteiger charge is -2.12. The van der Waals surface area contributed by atoms with Crippen molar-refractivity contribution in [3.05, 3.63) is 27.7 Å². The van der Waals surface area contributed by atoms with E-state index in [1.54, 1.807) is 13.8 Å². The molecule has 1 amide bonds. The van der Waals surface area contributed by atoms with Crippen molar-refractivity contribution in [3.63, 3.8) is 0 Å². The second-order valence-corrected chi connectivity index (χ2v) is 4.87. The number of hydrogen-bond acceptors (Lipinski definition) is 3. The molecule has 1 aromatic rings. The quantitative estimate of drug-likeness (QED) is 0.876. The minimum atomic E-state index is -1.23. The van der Waals surface area contributed by atoms with Gasteiger partial charge in [0.05, 0.1) is 22.4 Å². The highest BCUT2D eigenvalue weighted by atomic mass is 35.5. The van der Waals surface area contributed by atoms with E-state index < -0.39 is 11.9 Å². The maximum Gasteiger partial charge on any atom is 0.337 e. The molecule has 0 radical (unpaired) electrons. The Balaban J connectivity index is 2.94. The molecule has 1 rings (SSSR count). The van der Waals surface area contributed by atoms with E-state index in [2.05, 4.69) is 5.32 Å². The van der Waals surface area contributed by atoms with Crippen LogP contribution in [0.25, 0.3) is 0 Å². The number of carboxylic acid groups (broad SMARTS) is 1. The first-order valence-corrected chi connectivity index (χ1v) is 6.20. The van der Waals surface area contributed by atoms with E-state index in [9.17, 15) is 9.59 Å². The summed E-state index contributed by atoms with van der Waals surface area (Å²) in [5.41, 5.74) is -0.161. The molecule has 0 saturated heterocycles. The second-order valence-electron chi connectivity index (χ2n) is 4.02. The summed E-state index contributed by atoms with van der Waals surface area (Å²) in [7, 11) is 0. The summed E-state index contributed by atoms with van der Waals surface area (Å²) in [6.45, 7) is 3.38. The van der Waals surface area contributed by atoms with Crippen LogP contribution in [0.4, 0.5) is 5.69 Å². The smallest absolute Gasteiger partial charge is 0.337 e. The van der Waals surface area contributed by atoms with Crippen LogP contribution in [0.15, 0.2) is 12.1 Å². The summed E-state index contributed by atoms with van der Waals surface area (Å²) in [5, 5.41) is 11.7. The Morgan fingerprint density at radius 3 is 2.53 bits per heavy atom. The fourth-order valence-corrected chi connectivity index (χ4v) is 1.83. The molecule has 0 aliphatic carbocycles. The normalized spacial score (nSPS) is 10.6. The molecule has 0 aromatic heterocycles. The highest BCUT2D eigenvalue weighted by molar-refractivity contribution is 6.37. The number of carbonyl (C=O) groups is 2. The van der Waals surface area contributed by atoms with Crippen LogP contribution in [0.1, 0.15) is 24.2 Å². The molecular weight excluding hydrogens is 293 g/mol. The first kappa shape index (κ1) is 15.8. The molecule has 0 bridgehead atoms. The molecule has 2 N–H and O–H groups in total. The summed E-state index contributed by atoms with van der Waals surface area (Å²) >= 11 is 11.6. The van der Waals surface area contributed by atoms with Crippen molar-refractivity contribution in [2.75, 3.05) is 11.9 Å². The van der Waals surface area contributed by atoms with Crippen LogP contribution in [-0.4, -0.2) is 29.7 Å². The Hall–Kier alpha value is -1.30. The summed E-state index contributed by atoms with van der Waals surface area (Å²) < 4.78 is 5.11. The van der Waals surface area contributed by atoms with E-state index in [1.807, 2.05) is 0 Å². The van der Waals surface area contributed by atoms with Gasteiger partial charge in [-0.25, -0.2) is 4.79 Å². The zero-order chi connectivity index (χ0) is 14.6. The molecule has 0 aliphatic heterocycles. The third kappa shape index (κ3) is 4.70. The van der Waals surface area contributed by atoms with Gasteiger partial charge in [0.2, 0.25) is 5.91 Å². The molecule has 0 heterocycles. The van der Waals surface area contributed by atoms with Gasteiger partial charge in [0.1, 0.15) is 6.61 Å². The highest BCUT2D eigenvalue weighted by Crippen LogP contribution is 2.30. The molecule has 0 aliphatic rings. The third-order valence-corrected chi connectivity index (χ3v) is 2.61. The fraction of sp³-hybridized carbons (Fsp3) is 0.333. The Labute approximate surface area is 120 Å². The molecule has 0 saturated carbocycles. The maximum absolute atomic E-state index is 11.6. The largest absolute Gasteiger partial charge is 0.478 e. The van der Waals surface area contributed by atoms with Crippen LogP contribution in [0.2, 0.25) is 10.0 Å². The number of anilines is 1. The van der Waals surface area contributed by atoms with Gasteiger partial charge < -0.3 is 15.2 Å². The monoisotopic (exact) mass is 305 g/mol. The van der Waals surface area contributed by atoms with E-state index >= 15 is 0 Å². The van der Waals surface area contributed by atoms with Gasteiger partial charge in [-0.1, -0.05) is 23.2 Å². The van der Waals surface area contributed by atoms with Gasteiger partial charge in [-0.05, 0) is 26.0 Å². The first-order valence-electron chi connectivity index (χ1n) is 5.45. The van der Waals surface area contributed by atoms with Gasteiger partial charge in [-0.3, -0.25) is 4.79 Å². The van der Waals surface area contributed by atoms with Crippen LogP contribution in [-0.2, 0) is 9.53 Å². The fourth-order valence-electron chi connectivity index (χ4n) is 1.29. The summed E-state index contributed by atoms with van der Waals surface area (Å²) in [4.78, 5) is 22.7. The number of rotatable bonds is 5. The number of carbonyl (C=O) groups excluding carboxylic acids is 1. The van der Waals surface area contributed by atoms with E-state index in [4.69, 9.17) is 33.0 Å². The minimum absolute atomic E-state index is 0.0101. The number of aromatic carboxylic acids is 1. The summed E-state index contributed by atoms with van der Waals surface area (Å²) in [5.74, 6) is -1.72. The molecule has 19 heavy (non-hydrogen) atoms. The lowest BCUT2D eigenvalue weighted by molar-refractivity contribution is -0.121. The number of benzene rings is 1. The number of nitrogens with one attached hydrogen (secondary N) is 1. The summed E-state index contributed by atoms with van der Waals surface area (Å²) in [6.07, 6.45) is -0.106. The van der Waals surface area contributed by atoms with E-state index in [0.717, 1.165) is 0 Å². The Morgan fingerprint density at radius 2 is 2.00 bits per heavy atom. The lowest BCUT2D eigenvalue weighted by atomic mass is 10.1. The van der Waals surface area contributed by atoms with Crippen molar-refractivity contribution in [2.45, 2.75) is 20.0 Å². The van der Waals surface area contributed by atoms with Crippen LogP contribution in [0, 0.1) is 0 Å². The van der Waals surface area contributed by atoms with E-state index in [0.29, 0.717) is 0 Å². The standard InChI is InChI=1S/C12H13Cl2NO4/c1-6(2)19-5-10(16)15-11-8(12(17)18)3-7(13)4-9(11)14/h3-4,6H,5H2,1-2H3,(H,15,16)(H,17,18). The van der Waals surface area contributed by atoms with Crippen molar-refractivity contribution in [3.8, 4) is 0 Å². The molecular formula is C12H13Cl2NO4. The minimum Gasteiger partial charge on any atom is -0.478 e. The van der Waals surface area contributed by atoms with Gasteiger partial charge in [0, 0.05) is 5.02 Å². The average Bonchev–Trinajstić information content (AvgIpc) is 2.29. The second kappa shape index (κ2) is 6.75. The maximum atomic E-state index is 11.6. The predicted molar refractivity (Wildman–Crippen MR) is 73.1 cm³/mol. The Bertz CT molecular complexity index is 503. The summed E-state index contributed by atoms with van der Waals surface area (Å²) in [6, 6.07) is 2.57. The van der Waals surface area contributed by atoms with Crippen LogP contribution in [0.3, 0.4) is 0 Å². The molecule has 1 aromatic carbocycles. The molecule has 0 unspecified atom stereocenters. The van der Waals surface area contributed by atoms with E-state index in [1.165, 1.54) is 12.1 Å². The molecule has 0 atom stereocenters. The van der Waals surface area contributed by atoms with Crippen molar-refractivity contribution >= 4 is 40.8 Å². The first-order chi connectivity index (χ1) is 8.81. The highest BCUT2D eigenvalue weighted by Gasteiger charge is 2.17. The van der Waals surface area contributed by atoms with Crippen LogP contribution in [0.5, 0.6) is 0 Å². The molecule has 0 spiro atoms. The topological polar surface area (TPSA) is 75.6 Å². The third-order valence-electron chi connectivity index (χ3n) is 2.10.